The number of hydrogen-bond donors (Lipinski definition) is 4. The fourth-order valence-electron chi connectivity index (χ4n) is 4.84. The van der Waals surface area contributed by atoms with Gasteiger partial charge in [0.2, 0.25) is 17.6 Å². The smallest absolute Gasteiger partial charge is 0.315 e. The van der Waals surface area contributed by atoms with Gasteiger partial charge < -0.3 is 26.6 Å². The second-order valence-electron chi connectivity index (χ2n) is 12.7. The van der Waals surface area contributed by atoms with Crippen LogP contribution in [-0.4, -0.2) is 64.6 Å². The van der Waals surface area contributed by atoms with Crippen LogP contribution in [0.4, 0.5) is 4.79 Å². The fraction of sp³-hybridized carbons (Fsp3) is 0.808. The molecule has 2 aliphatic rings. The zero-order valence-electron chi connectivity index (χ0n) is 23.1. The van der Waals surface area contributed by atoms with E-state index in [1.807, 2.05) is 55.4 Å². The molecule has 5 amide bonds. The van der Waals surface area contributed by atoms with Gasteiger partial charge in [-0.2, -0.15) is 0 Å². The van der Waals surface area contributed by atoms with E-state index in [-0.39, 0.29) is 23.7 Å². The molecule has 1 aliphatic carbocycles. The summed E-state index contributed by atoms with van der Waals surface area (Å²) < 4.78 is 0. The number of likely N-dealkylation sites (tertiary alicyclic amines) is 1. The van der Waals surface area contributed by atoms with Crippen molar-refractivity contribution in [1.29, 1.82) is 0 Å². The van der Waals surface area contributed by atoms with Crippen LogP contribution >= 0.6 is 0 Å². The van der Waals surface area contributed by atoms with Crippen molar-refractivity contribution in [3.63, 3.8) is 0 Å². The van der Waals surface area contributed by atoms with Gasteiger partial charge in [-0.15, -0.1) is 0 Å². The van der Waals surface area contributed by atoms with Gasteiger partial charge in [0, 0.05) is 12.1 Å². The lowest BCUT2D eigenvalue weighted by molar-refractivity contribution is -0.144. The van der Waals surface area contributed by atoms with Gasteiger partial charge in [0.25, 0.3) is 5.91 Å². The molecule has 0 aromatic rings. The van der Waals surface area contributed by atoms with Gasteiger partial charge in [-0.25, -0.2) is 4.79 Å². The van der Waals surface area contributed by atoms with Crippen LogP contribution < -0.4 is 21.7 Å². The molecule has 1 unspecified atom stereocenters. The molecule has 0 aromatic heterocycles. The van der Waals surface area contributed by atoms with Crippen LogP contribution in [0, 0.1) is 23.2 Å². The van der Waals surface area contributed by atoms with Crippen LogP contribution in [0.25, 0.3) is 0 Å². The number of carbonyl (C=O) groups is 5. The molecule has 5 atom stereocenters. The monoisotopic (exact) mass is 507 g/mol. The lowest BCUT2D eigenvalue weighted by Crippen LogP contribution is -2.61. The molecule has 0 spiro atoms. The first-order valence-corrected chi connectivity index (χ1v) is 13.0. The maximum Gasteiger partial charge on any atom is 0.315 e. The maximum absolute atomic E-state index is 13.8. The van der Waals surface area contributed by atoms with E-state index in [2.05, 4.69) is 16.0 Å². The molecule has 0 aromatic carbocycles. The molecular weight excluding hydrogens is 462 g/mol. The molecule has 1 saturated heterocycles. The molecular formula is C26H45N5O5. The van der Waals surface area contributed by atoms with Crippen LogP contribution in [0.15, 0.2) is 0 Å². The van der Waals surface area contributed by atoms with Crippen LogP contribution in [0.5, 0.6) is 0 Å². The van der Waals surface area contributed by atoms with Gasteiger partial charge in [-0.05, 0) is 50.4 Å². The van der Waals surface area contributed by atoms with Gasteiger partial charge in [-0.1, -0.05) is 53.9 Å². The minimum Gasteiger partial charge on any atom is -0.363 e. The van der Waals surface area contributed by atoms with E-state index in [9.17, 15) is 24.0 Å². The van der Waals surface area contributed by atoms with E-state index in [1.165, 1.54) is 4.90 Å². The van der Waals surface area contributed by atoms with Crippen molar-refractivity contribution in [3.05, 3.63) is 0 Å². The van der Waals surface area contributed by atoms with E-state index < -0.39 is 52.7 Å². The van der Waals surface area contributed by atoms with Crippen LogP contribution in [0.1, 0.15) is 81.1 Å². The van der Waals surface area contributed by atoms with Gasteiger partial charge in [0.05, 0.1) is 6.04 Å². The topological polar surface area (TPSA) is 151 Å². The normalized spacial score (nSPS) is 24.3. The molecule has 36 heavy (non-hydrogen) atoms. The Kier molecular flexibility index (Phi) is 9.18. The standard InChI is InChI=1S/C26H45N5O5/c1-14-13-31(23(35)20(25(3,4)5)29-24(36)30-26(6,7)8)18(15(14)2)22(34)28-17(19(32)21(27)33)12-16-10-9-11-16/h14-18,20H,9-13H2,1-8H3,(H2,27,33)(H,28,34)(H2,29,30,36)/t14-,15-,17?,18-,20+/m0/s1. The number of nitrogens with two attached hydrogens (primary N) is 1. The molecule has 10 heteroatoms. The summed E-state index contributed by atoms with van der Waals surface area (Å²) in [5, 5.41) is 8.36. The second kappa shape index (κ2) is 11.2. The summed E-state index contributed by atoms with van der Waals surface area (Å²) >= 11 is 0. The van der Waals surface area contributed by atoms with Crippen LogP contribution in [0.3, 0.4) is 0 Å². The molecule has 10 nitrogen and oxygen atoms in total. The number of hydrogen-bond acceptors (Lipinski definition) is 5. The SMILES string of the molecule is C[C@@H]1[C@@H](C(=O)NC(CC2CCC2)C(=O)C(N)=O)N(C(=O)[C@@H](NC(=O)NC(C)(C)C)C(C)(C)C)C[C@@H]1C. The third-order valence-corrected chi connectivity index (χ3v) is 7.31. The quantitative estimate of drug-likeness (QED) is 0.369. The van der Waals surface area contributed by atoms with Gasteiger partial charge in [-0.3, -0.25) is 19.2 Å². The van der Waals surface area contributed by atoms with Crippen molar-refractivity contribution in [3.8, 4) is 0 Å². The van der Waals surface area contributed by atoms with Gasteiger partial charge in [0.15, 0.2) is 0 Å². The number of carbonyl (C=O) groups excluding carboxylic acids is 5. The molecule has 1 saturated carbocycles. The zero-order chi connectivity index (χ0) is 27.6. The Labute approximate surface area is 214 Å². The van der Waals surface area contributed by atoms with Gasteiger partial charge in [0.1, 0.15) is 12.1 Å². The Morgan fingerprint density at radius 1 is 0.972 bits per heavy atom. The van der Waals surface area contributed by atoms with E-state index in [0.29, 0.717) is 13.0 Å². The van der Waals surface area contributed by atoms with E-state index in [0.717, 1.165) is 19.3 Å². The van der Waals surface area contributed by atoms with Gasteiger partial charge >= 0.3 is 6.03 Å². The molecule has 5 N–H and O–H groups in total. The summed E-state index contributed by atoms with van der Waals surface area (Å²) in [7, 11) is 0. The number of nitrogens with one attached hydrogen (secondary N) is 3. The number of primary amides is 1. The van der Waals surface area contributed by atoms with Crippen LogP contribution in [-0.2, 0) is 19.2 Å². The van der Waals surface area contributed by atoms with Crippen molar-refractivity contribution in [2.24, 2.45) is 28.9 Å². The molecule has 204 valence electrons. The van der Waals surface area contributed by atoms with Crippen molar-refractivity contribution in [2.75, 3.05) is 6.54 Å². The summed E-state index contributed by atoms with van der Waals surface area (Å²) in [4.78, 5) is 65.6. The third kappa shape index (κ3) is 7.43. The first-order valence-electron chi connectivity index (χ1n) is 13.0. The molecule has 2 fully saturated rings. The summed E-state index contributed by atoms with van der Waals surface area (Å²) in [5.41, 5.74) is 4.14. The predicted molar refractivity (Wildman–Crippen MR) is 137 cm³/mol. The highest BCUT2D eigenvalue weighted by atomic mass is 16.2. The number of rotatable bonds is 8. The summed E-state index contributed by atoms with van der Waals surface area (Å²) in [6.07, 6.45) is 3.29. The van der Waals surface area contributed by atoms with Crippen molar-refractivity contribution in [2.45, 2.75) is 105 Å². The average Bonchev–Trinajstić information content (AvgIpc) is 2.99. The minimum absolute atomic E-state index is 0.0191. The first kappa shape index (κ1) is 29.6. The summed E-state index contributed by atoms with van der Waals surface area (Å²) in [6, 6.07) is -3.20. The number of ketones is 1. The number of Topliss-reactive ketones (excluding diaryl/α,β-unsaturated/α-hetero) is 1. The molecule has 1 heterocycles. The van der Waals surface area contributed by atoms with Crippen LogP contribution in [0.2, 0.25) is 0 Å². The summed E-state index contributed by atoms with van der Waals surface area (Å²) in [5.74, 6) is -2.66. The van der Waals surface area contributed by atoms with Crippen molar-refractivity contribution in [1.82, 2.24) is 20.9 Å². The Bertz CT molecular complexity index is 871. The van der Waals surface area contributed by atoms with Crippen molar-refractivity contribution >= 4 is 29.5 Å². The second-order valence-corrected chi connectivity index (χ2v) is 12.7. The highest BCUT2D eigenvalue weighted by Crippen LogP contribution is 2.34. The Balaban J connectivity index is 2.27. The maximum atomic E-state index is 13.8. The van der Waals surface area contributed by atoms with E-state index >= 15 is 0 Å². The highest BCUT2D eigenvalue weighted by Gasteiger charge is 2.48. The third-order valence-electron chi connectivity index (χ3n) is 7.31. The predicted octanol–water partition coefficient (Wildman–Crippen LogP) is 1.71. The number of urea groups is 1. The molecule has 0 bridgehead atoms. The average molecular weight is 508 g/mol. The van der Waals surface area contributed by atoms with E-state index in [1.54, 1.807) is 0 Å². The Morgan fingerprint density at radius 2 is 1.56 bits per heavy atom. The van der Waals surface area contributed by atoms with E-state index in [4.69, 9.17) is 5.73 Å². The molecule has 1 aliphatic heterocycles. The number of amides is 5. The highest BCUT2D eigenvalue weighted by molar-refractivity contribution is 6.37. The molecule has 2 rings (SSSR count). The Hall–Kier alpha value is -2.65. The van der Waals surface area contributed by atoms with Crippen molar-refractivity contribution < 1.29 is 24.0 Å². The minimum atomic E-state index is -1.08. The lowest BCUT2D eigenvalue weighted by Gasteiger charge is -2.37. The summed E-state index contributed by atoms with van der Waals surface area (Å²) in [6.45, 7) is 15.3. The lowest BCUT2D eigenvalue weighted by atomic mass is 9.80. The largest absolute Gasteiger partial charge is 0.363 e. The first-order chi connectivity index (χ1) is 16.4. The zero-order valence-corrected chi connectivity index (χ0v) is 23.1. The number of nitrogens with zero attached hydrogens (tertiary/aromatic N) is 1. The Morgan fingerprint density at radius 3 is 2.00 bits per heavy atom. The fourth-order valence-corrected chi connectivity index (χ4v) is 4.84. The molecule has 0 radical (unpaired) electrons.